The van der Waals surface area contributed by atoms with Crippen molar-refractivity contribution in [1.82, 2.24) is 19.9 Å². The van der Waals surface area contributed by atoms with Gasteiger partial charge in [0, 0.05) is 45.5 Å². The molecule has 1 amide bonds. The Hall–Kier alpha value is -3.07. The van der Waals surface area contributed by atoms with E-state index in [1.165, 1.54) is 0 Å². The molecule has 120 valence electrons. The molecule has 2 N–H and O–H groups in total. The Bertz CT molecular complexity index is 880. The number of fused-ring (bicyclic) bond motifs is 1. The van der Waals surface area contributed by atoms with Crippen molar-refractivity contribution < 1.29 is 7.65 Å². The topological polar surface area (TPSA) is 88.6 Å². The number of aromatic nitrogens is 3. The highest BCUT2D eigenvalue weighted by molar-refractivity contribution is 5.97. The summed E-state index contributed by atoms with van der Waals surface area (Å²) in [7, 11) is 0. The van der Waals surface area contributed by atoms with Gasteiger partial charge in [-0.05, 0) is 30.7 Å². The van der Waals surface area contributed by atoms with Crippen LogP contribution in [0.2, 0.25) is 0 Å². The number of hydrogen-bond acceptors (Lipinski definition) is 3. The number of carbonyl (C=O) groups excluding carboxylic acids is 1. The standard InChI is InChI=1S/C17H17N5O.2H2/c1-2-22(9-3-6-18)17(23)15-10-12(11-21-15)13-4-7-19-16-14(13)5-8-20-16;;/h4-5,7-8,10-11,21H,2-3,9H2,1H3,(H,19,20);2*1H. The van der Waals surface area contributed by atoms with Gasteiger partial charge in [0.1, 0.15) is 11.3 Å². The lowest BCUT2D eigenvalue weighted by atomic mass is 10.1. The van der Waals surface area contributed by atoms with Gasteiger partial charge in [0.15, 0.2) is 0 Å². The summed E-state index contributed by atoms with van der Waals surface area (Å²) in [6.45, 7) is 2.93. The molecule has 3 heterocycles. The van der Waals surface area contributed by atoms with Crippen LogP contribution < -0.4 is 0 Å². The first-order valence-electron chi connectivity index (χ1n) is 7.51. The van der Waals surface area contributed by atoms with E-state index in [-0.39, 0.29) is 8.76 Å². The predicted molar refractivity (Wildman–Crippen MR) is 91.9 cm³/mol. The molecule has 0 fully saturated rings. The van der Waals surface area contributed by atoms with Crippen molar-refractivity contribution in [3.63, 3.8) is 0 Å². The molecule has 0 bridgehead atoms. The molecular formula is C17H21N5O. The molecule has 0 aromatic carbocycles. The SMILES string of the molecule is CCN(CCC#N)C(=O)c1cc(-c2ccnc3[nH]ccc23)c[nH]1.[HH].[HH]. The second kappa shape index (κ2) is 6.36. The Morgan fingerprint density at radius 2 is 2.30 bits per heavy atom. The maximum atomic E-state index is 12.5. The number of hydrogen-bond donors (Lipinski definition) is 2. The van der Waals surface area contributed by atoms with Gasteiger partial charge < -0.3 is 14.9 Å². The van der Waals surface area contributed by atoms with Crippen LogP contribution in [-0.4, -0.2) is 38.8 Å². The molecule has 0 aliphatic heterocycles. The van der Waals surface area contributed by atoms with Gasteiger partial charge in [-0.25, -0.2) is 4.98 Å². The van der Waals surface area contributed by atoms with Gasteiger partial charge in [0.25, 0.3) is 5.91 Å². The zero-order chi connectivity index (χ0) is 16.2. The van der Waals surface area contributed by atoms with Crippen LogP contribution in [0.4, 0.5) is 0 Å². The average molecular weight is 311 g/mol. The zero-order valence-corrected chi connectivity index (χ0v) is 12.8. The van der Waals surface area contributed by atoms with Gasteiger partial charge in [-0.3, -0.25) is 4.79 Å². The Labute approximate surface area is 136 Å². The molecule has 0 unspecified atom stereocenters. The minimum absolute atomic E-state index is 0. The number of nitriles is 1. The zero-order valence-electron chi connectivity index (χ0n) is 12.8. The fraction of sp³-hybridized carbons (Fsp3) is 0.235. The van der Waals surface area contributed by atoms with E-state index in [1.807, 2.05) is 37.5 Å². The maximum absolute atomic E-state index is 12.5. The molecule has 6 nitrogen and oxygen atoms in total. The van der Waals surface area contributed by atoms with E-state index >= 15 is 0 Å². The van der Waals surface area contributed by atoms with Crippen molar-refractivity contribution in [2.45, 2.75) is 13.3 Å². The molecule has 3 aromatic heterocycles. The monoisotopic (exact) mass is 311 g/mol. The van der Waals surface area contributed by atoms with Gasteiger partial charge in [-0.15, -0.1) is 0 Å². The summed E-state index contributed by atoms with van der Waals surface area (Å²) in [5, 5.41) is 9.71. The molecule has 0 aliphatic carbocycles. The second-order valence-electron chi connectivity index (χ2n) is 5.19. The van der Waals surface area contributed by atoms with Crippen molar-refractivity contribution in [3.05, 3.63) is 42.5 Å². The molecule has 23 heavy (non-hydrogen) atoms. The predicted octanol–water partition coefficient (Wildman–Crippen LogP) is 3.43. The first-order valence-corrected chi connectivity index (χ1v) is 7.51. The first-order chi connectivity index (χ1) is 11.2. The third-order valence-electron chi connectivity index (χ3n) is 3.85. The lowest BCUT2D eigenvalue weighted by molar-refractivity contribution is 0.0762. The minimum atomic E-state index is -0.0895. The van der Waals surface area contributed by atoms with Crippen molar-refractivity contribution >= 4 is 16.9 Å². The molecule has 0 spiro atoms. The lowest BCUT2D eigenvalue weighted by Crippen LogP contribution is -2.31. The number of nitrogens with one attached hydrogen (secondary N) is 2. The van der Waals surface area contributed by atoms with Crippen molar-refractivity contribution in [1.29, 1.82) is 5.26 Å². The quantitative estimate of drug-likeness (QED) is 0.756. The molecule has 0 saturated heterocycles. The van der Waals surface area contributed by atoms with E-state index in [0.29, 0.717) is 25.2 Å². The first kappa shape index (κ1) is 14.9. The fourth-order valence-electron chi connectivity index (χ4n) is 2.64. The summed E-state index contributed by atoms with van der Waals surface area (Å²) in [5.41, 5.74) is 3.31. The van der Waals surface area contributed by atoms with E-state index in [0.717, 1.165) is 22.2 Å². The van der Waals surface area contributed by atoms with E-state index in [1.54, 1.807) is 11.1 Å². The molecular weight excluding hydrogens is 290 g/mol. The van der Waals surface area contributed by atoms with E-state index < -0.39 is 0 Å². The second-order valence-corrected chi connectivity index (χ2v) is 5.19. The largest absolute Gasteiger partial charge is 0.357 e. The summed E-state index contributed by atoms with van der Waals surface area (Å²) in [6.07, 6.45) is 5.75. The van der Waals surface area contributed by atoms with E-state index in [2.05, 4.69) is 21.0 Å². The van der Waals surface area contributed by atoms with Crippen LogP contribution >= 0.6 is 0 Å². The Morgan fingerprint density at radius 3 is 3.09 bits per heavy atom. The summed E-state index contributed by atoms with van der Waals surface area (Å²) >= 11 is 0. The number of aromatic amines is 2. The van der Waals surface area contributed by atoms with E-state index in [9.17, 15) is 4.79 Å². The van der Waals surface area contributed by atoms with Crippen LogP contribution in [0.5, 0.6) is 0 Å². The number of rotatable bonds is 5. The maximum Gasteiger partial charge on any atom is 0.270 e. The molecule has 6 heteroatoms. The molecule has 3 rings (SSSR count). The van der Waals surface area contributed by atoms with Gasteiger partial charge in [-0.1, -0.05) is 0 Å². The fourth-order valence-corrected chi connectivity index (χ4v) is 2.64. The van der Waals surface area contributed by atoms with Crippen LogP contribution in [-0.2, 0) is 0 Å². The van der Waals surface area contributed by atoms with Crippen molar-refractivity contribution in [3.8, 4) is 17.2 Å². The van der Waals surface area contributed by atoms with Gasteiger partial charge >= 0.3 is 0 Å². The Kier molecular flexibility index (Phi) is 4.11. The summed E-state index contributed by atoms with van der Waals surface area (Å²) in [6, 6.07) is 7.82. The average Bonchev–Trinajstić information content (AvgIpc) is 3.24. The lowest BCUT2D eigenvalue weighted by Gasteiger charge is -2.18. The Morgan fingerprint density at radius 1 is 1.43 bits per heavy atom. The highest BCUT2D eigenvalue weighted by atomic mass is 16.2. The number of carbonyl (C=O) groups is 1. The minimum Gasteiger partial charge on any atom is -0.357 e. The third-order valence-corrected chi connectivity index (χ3v) is 3.85. The van der Waals surface area contributed by atoms with Gasteiger partial charge in [-0.2, -0.15) is 5.26 Å². The summed E-state index contributed by atoms with van der Waals surface area (Å²) < 4.78 is 0. The Balaban J connectivity index is 0.00000156. The molecule has 0 aliphatic rings. The van der Waals surface area contributed by atoms with Gasteiger partial charge in [0.2, 0.25) is 0 Å². The number of pyridine rings is 1. The number of H-pyrrole nitrogens is 2. The van der Waals surface area contributed by atoms with Crippen molar-refractivity contribution in [2.75, 3.05) is 13.1 Å². The number of nitrogens with zero attached hydrogens (tertiary/aromatic N) is 3. The normalized spacial score (nSPS) is 10.6. The molecule has 3 aromatic rings. The summed E-state index contributed by atoms with van der Waals surface area (Å²) in [4.78, 5) is 24.6. The number of amides is 1. The third kappa shape index (κ3) is 2.81. The van der Waals surface area contributed by atoms with E-state index in [4.69, 9.17) is 5.26 Å². The molecule has 0 saturated carbocycles. The van der Waals surface area contributed by atoms with Crippen LogP contribution in [0.3, 0.4) is 0 Å². The summed E-state index contributed by atoms with van der Waals surface area (Å²) in [5.74, 6) is -0.0895. The smallest absolute Gasteiger partial charge is 0.270 e. The highest BCUT2D eigenvalue weighted by Crippen LogP contribution is 2.27. The van der Waals surface area contributed by atoms with Gasteiger partial charge in [0.05, 0.1) is 12.5 Å². The van der Waals surface area contributed by atoms with Crippen LogP contribution in [0, 0.1) is 11.3 Å². The van der Waals surface area contributed by atoms with Crippen molar-refractivity contribution in [2.24, 2.45) is 0 Å². The molecule has 0 radical (unpaired) electrons. The molecule has 0 atom stereocenters. The van der Waals surface area contributed by atoms with Crippen LogP contribution in [0.15, 0.2) is 36.8 Å². The van der Waals surface area contributed by atoms with Crippen LogP contribution in [0.1, 0.15) is 26.7 Å². The van der Waals surface area contributed by atoms with Crippen LogP contribution in [0.25, 0.3) is 22.2 Å². The highest BCUT2D eigenvalue weighted by Gasteiger charge is 2.17.